The molecule has 1 aromatic carbocycles. The summed E-state index contributed by atoms with van der Waals surface area (Å²) in [6, 6.07) is 8.79. The van der Waals surface area contributed by atoms with Gasteiger partial charge in [-0.15, -0.1) is 11.3 Å². The van der Waals surface area contributed by atoms with Gasteiger partial charge in [0.2, 0.25) is 0 Å². The van der Waals surface area contributed by atoms with Gasteiger partial charge in [-0.25, -0.2) is 4.98 Å². The molecule has 3 atom stereocenters. The second kappa shape index (κ2) is 7.21. The lowest BCUT2D eigenvalue weighted by Gasteiger charge is -2.21. The zero-order valence-corrected chi connectivity index (χ0v) is 17.4. The molecule has 0 fully saturated rings. The van der Waals surface area contributed by atoms with E-state index in [4.69, 9.17) is 4.98 Å². The molecule has 4 nitrogen and oxygen atoms in total. The molecular weight excluding hydrogens is 354 g/mol. The number of nitrogens with one attached hydrogen (secondary N) is 2. The molecule has 1 unspecified atom stereocenters. The molecule has 1 aliphatic rings. The Morgan fingerprint density at radius 1 is 1.33 bits per heavy atom. The van der Waals surface area contributed by atoms with Crippen molar-refractivity contribution in [2.24, 2.45) is 5.92 Å². The van der Waals surface area contributed by atoms with Crippen molar-refractivity contribution >= 4 is 21.6 Å². The molecule has 0 spiro atoms. The summed E-state index contributed by atoms with van der Waals surface area (Å²) in [5, 5.41) is 0.842. The summed E-state index contributed by atoms with van der Waals surface area (Å²) in [5.74, 6) is 1.50. The van der Waals surface area contributed by atoms with Crippen LogP contribution in [-0.2, 0) is 19.4 Å². The fourth-order valence-electron chi connectivity index (χ4n) is 3.98. The predicted molar refractivity (Wildman–Crippen MR) is 112 cm³/mol. The Morgan fingerprint density at radius 3 is 2.81 bits per heavy atom. The van der Waals surface area contributed by atoms with Gasteiger partial charge in [0.25, 0.3) is 5.56 Å². The first kappa shape index (κ1) is 18.4. The molecule has 2 N–H and O–H groups in total. The Hall–Kier alpha value is -1.98. The maximum Gasteiger partial charge on any atom is 0.260 e. The normalized spacial score (nSPS) is 19.0. The van der Waals surface area contributed by atoms with E-state index in [1.807, 2.05) is 0 Å². The average Bonchev–Trinajstić information content (AvgIpc) is 3.00. The number of aromatic amines is 1. The highest BCUT2D eigenvalue weighted by Gasteiger charge is 2.25. The number of aryl methyl sites for hydroxylation is 2. The Balaban J connectivity index is 1.63. The van der Waals surface area contributed by atoms with Gasteiger partial charge in [-0.2, -0.15) is 0 Å². The van der Waals surface area contributed by atoms with Gasteiger partial charge in [-0.1, -0.05) is 36.8 Å². The molecule has 2 aromatic heterocycles. The first-order chi connectivity index (χ1) is 12.9. The number of fused-ring (bicyclic) bond motifs is 3. The average molecular weight is 383 g/mol. The molecule has 0 saturated carbocycles. The van der Waals surface area contributed by atoms with Crippen LogP contribution < -0.4 is 10.5 Å². The minimum atomic E-state index is 0.0389. The second-order valence-electron chi connectivity index (χ2n) is 8.21. The number of H-pyrrole nitrogens is 1. The molecule has 1 aliphatic carbocycles. The van der Waals surface area contributed by atoms with Gasteiger partial charge in [0, 0.05) is 10.4 Å². The van der Waals surface area contributed by atoms with Crippen molar-refractivity contribution in [3.8, 4) is 0 Å². The summed E-state index contributed by atoms with van der Waals surface area (Å²) in [4.78, 5) is 24.4. The van der Waals surface area contributed by atoms with E-state index in [9.17, 15) is 4.79 Å². The number of rotatable bonds is 4. The van der Waals surface area contributed by atoms with E-state index < -0.39 is 0 Å². The molecule has 4 rings (SSSR count). The van der Waals surface area contributed by atoms with E-state index in [1.54, 1.807) is 11.3 Å². The lowest BCUT2D eigenvalue weighted by atomic mass is 9.89. The van der Waals surface area contributed by atoms with E-state index in [0.717, 1.165) is 35.4 Å². The van der Waals surface area contributed by atoms with E-state index >= 15 is 0 Å². The van der Waals surface area contributed by atoms with Crippen LogP contribution in [0.3, 0.4) is 0 Å². The van der Waals surface area contributed by atoms with Crippen molar-refractivity contribution < 1.29 is 4.90 Å². The Morgan fingerprint density at radius 2 is 2.07 bits per heavy atom. The highest BCUT2D eigenvalue weighted by molar-refractivity contribution is 7.18. The number of hydrogen-bond donors (Lipinski definition) is 2. The van der Waals surface area contributed by atoms with E-state index in [-0.39, 0.29) is 11.6 Å². The topological polar surface area (TPSA) is 50.2 Å². The van der Waals surface area contributed by atoms with Crippen LogP contribution in [0.4, 0.5) is 0 Å². The van der Waals surface area contributed by atoms with Gasteiger partial charge in [0.1, 0.15) is 17.4 Å². The number of benzene rings is 1. The summed E-state index contributed by atoms with van der Waals surface area (Å²) < 4.78 is 0. The van der Waals surface area contributed by atoms with Gasteiger partial charge in [-0.05, 0) is 44.6 Å². The third-order valence-corrected chi connectivity index (χ3v) is 7.08. The van der Waals surface area contributed by atoms with Gasteiger partial charge >= 0.3 is 0 Å². The second-order valence-corrected chi connectivity index (χ2v) is 9.30. The van der Waals surface area contributed by atoms with Crippen molar-refractivity contribution in [2.75, 3.05) is 7.05 Å². The van der Waals surface area contributed by atoms with Crippen LogP contribution in [0.5, 0.6) is 0 Å². The van der Waals surface area contributed by atoms with Crippen LogP contribution in [-0.4, -0.2) is 17.0 Å². The zero-order chi connectivity index (χ0) is 19.1. The first-order valence-electron chi connectivity index (χ1n) is 9.84. The smallest absolute Gasteiger partial charge is 0.260 e. The van der Waals surface area contributed by atoms with Crippen molar-refractivity contribution in [3.63, 3.8) is 0 Å². The zero-order valence-electron chi connectivity index (χ0n) is 16.6. The van der Waals surface area contributed by atoms with E-state index in [0.29, 0.717) is 5.92 Å². The number of thiophene rings is 1. The molecule has 0 saturated heterocycles. The minimum absolute atomic E-state index is 0.0389. The lowest BCUT2D eigenvalue weighted by Crippen LogP contribution is -3.07. The fourth-order valence-corrected chi connectivity index (χ4v) is 5.38. The number of hydrogen-bond acceptors (Lipinski definition) is 3. The maximum absolute atomic E-state index is 12.8. The first-order valence-corrected chi connectivity index (χ1v) is 10.7. The monoisotopic (exact) mass is 382 g/mol. The maximum atomic E-state index is 12.8. The van der Waals surface area contributed by atoms with Gasteiger partial charge in [0.05, 0.1) is 12.4 Å². The summed E-state index contributed by atoms with van der Waals surface area (Å²) in [5.41, 5.74) is 3.87. The third kappa shape index (κ3) is 3.58. The van der Waals surface area contributed by atoms with Crippen LogP contribution in [0.2, 0.25) is 0 Å². The van der Waals surface area contributed by atoms with E-state index in [1.165, 1.54) is 32.9 Å². The summed E-state index contributed by atoms with van der Waals surface area (Å²) in [7, 11) is 2.16. The largest absolute Gasteiger partial charge is 0.325 e. The Labute approximate surface area is 164 Å². The summed E-state index contributed by atoms with van der Waals surface area (Å²) >= 11 is 1.73. The van der Waals surface area contributed by atoms with Crippen molar-refractivity contribution in [1.29, 1.82) is 0 Å². The van der Waals surface area contributed by atoms with Crippen LogP contribution in [0.25, 0.3) is 10.2 Å². The highest BCUT2D eigenvalue weighted by atomic mass is 32.1. The molecular formula is C22H28N3OS+. The summed E-state index contributed by atoms with van der Waals surface area (Å²) in [6.45, 7) is 7.45. The minimum Gasteiger partial charge on any atom is -0.325 e. The van der Waals surface area contributed by atoms with Crippen LogP contribution in [0, 0.1) is 12.8 Å². The molecule has 0 aliphatic heterocycles. The van der Waals surface area contributed by atoms with Gasteiger partial charge in [0.15, 0.2) is 5.82 Å². The molecule has 0 radical (unpaired) electrons. The predicted octanol–water partition coefficient (Wildman–Crippen LogP) is 3.19. The van der Waals surface area contributed by atoms with E-state index in [2.05, 4.69) is 57.1 Å². The number of aromatic nitrogens is 2. The van der Waals surface area contributed by atoms with Crippen molar-refractivity contribution in [1.82, 2.24) is 9.97 Å². The highest BCUT2D eigenvalue weighted by Crippen LogP contribution is 2.35. The Bertz CT molecular complexity index is 1020. The van der Waals surface area contributed by atoms with Crippen molar-refractivity contribution in [3.05, 3.63) is 62.0 Å². The molecule has 142 valence electrons. The molecule has 2 heterocycles. The lowest BCUT2D eigenvalue weighted by molar-refractivity contribution is -0.924. The fraction of sp³-hybridized carbons (Fsp3) is 0.455. The number of quaternary nitrogens is 1. The van der Waals surface area contributed by atoms with Gasteiger partial charge < -0.3 is 9.88 Å². The van der Waals surface area contributed by atoms with Crippen molar-refractivity contribution in [2.45, 2.75) is 52.6 Å². The quantitative estimate of drug-likeness (QED) is 0.728. The van der Waals surface area contributed by atoms with Gasteiger partial charge in [-0.3, -0.25) is 4.79 Å². The third-order valence-electron chi connectivity index (χ3n) is 5.94. The molecule has 0 amide bonds. The van der Waals surface area contributed by atoms with Crippen LogP contribution in [0.15, 0.2) is 29.1 Å². The summed E-state index contributed by atoms with van der Waals surface area (Å²) in [6.07, 6.45) is 3.26. The molecule has 3 aromatic rings. The molecule has 0 bridgehead atoms. The Kier molecular flexibility index (Phi) is 4.91. The molecule has 5 heteroatoms. The number of nitrogens with zero attached hydrogens (tertiary/aromatic N) is 1. The SMILES string of the molecule is Cc1ccc(C[NH+](C)[C@@H](C)c2nc3sc4c(c3c(=O)[nH]2)CC[C@@H](C)C4)cc1. The van der Waals surface area contributed by atoms with Crippen LogP contribution >= 0.6 is 11.3 Å². The standard InChI is InChI=1S/C22H27N3OS/c1-13-5-8-16(9-6-13)12-25(4)15(3)20-23-21(26)19-17-10-7-14(2)11-18(17)27-22(19)24-20/h5-6,8-9,14-15H,7,10-12H2,1-4H3,(H,23,24,26)/p+1/t14-,15+/m1/s1. The van der Waals surface area contributed by atoms with Crippen LogP contribution in [0.1, 0.15) is 53.7 Å². The molecule has 27 heavy (non-hydrogen) atoms.